The third kappa shape index (κ3) is 2.72. The predicted octanol–water partition coefficient (Wildman–Crippen LogP) is 5.38. The van der Waals surface area contributed by atoms with E-state index in [1.165, 1.54) is 0 Å². The summed E-state index contributed by atoms with van der Waals surface area (Å²) in [5.41, 5.74) is 1.99. The van der Waals surface area contributed by atoms with Gasteiger partial charge in [-0.05, 0) is 29.1 Å². The Hall–Kier alpha value is -3.59. The number of ether oxygens (including phenoxy) is 1. The summed E-state index contributed by atoms with van der Waals surface area (Å²) in [5.74, 6) is 0.688. The van der Waals surface area contributed by atoms with Gasteiger partial charge in [0.15, 0.2) is 0 Å². The van der Waals surface area contributed by atoms with Crippen molar-refractivity contribution in [2.24, 2.45) is 0 Å². The molecule has 1 aliphatic heterocycles. The van der Waals surface area contributed by atoms with Gasteiger partial charge >= 0.3 is 0 Å². The number of para-hydroxylation sites is 1. The van der Waals surface area contributed by atoms with Gasteiger partial charge in [0.2, 0.25) is 6.10 Å². The Kier molecular flexibility index (Phi) is 4.06. The van der Waals surface area contributed by atoms with Gasteiger partial charge in [0.1, 0.15) is 11.8 Å². The smallest absolute Gasteiger partial charge is 0.271 e. The first-order valence-electron chi connectivity index (χ1n) is 9.40. The third-order valence-electron chi connectivity index (χ3n) is 5.22. The molecule has 0 spiro atoms. The molecule has 4 aromatic rings. The number of hydrogen-bond donors (Lipinski definition) is 0. The van der Waals surface area contributed by atoms with Crippen LogP contribution in [0.5, 0.6) is 5.75 Å². The molecular formula is C25H19NO2. The molecule has 4 aromatic carbocycles. The quantitative estimate of drug-likeness (QED) is 0.455. The second-order valence-electron chi connectivity index (χ2n) is 6.91. The Morgan fingerprint density at radius 1 is 0.679 bits per heavy atom. The number of benzene rings is 4. The summed E-state index contributed by atoms with van der Waals surface area (Å²) in [4.78, 5) is 15.1. The number of anilines is 1. The highest BCUT2D eigenvalue weighted by Gasteiger charge is 2.51. The summed E-state index contributed by atoms with van der Waals surface area (Å²) in [6.07, 6.45) is -0.538. The van der Waals surface area contributed by atoms with Crippen LogP contribution in [0.3, 0.4) is 0 Å². The molecule has 1 aliphatic rings. The van der Waals surface area contributed by atoms with Gasteiger partial charge in [-0.1, -0.05) is 84.9 Å². The Morgan fingerprint density at radius 2 is 1.32 bits per heavy atom. The lowest BCUT2D eigenvalue weighted by atomic mass is 9.89. The SMILES string of the molecule is O=C1[C@@H](Oc2ccccc2)[C@@H](c2ccccc2)N1c1cccc2ccccc12. The molecule has 0 N–H and O–H groups in total. The molecule has 0 saturated carbocycles. The number of carbonyl (C=O) groups is 1. The first-order valence-corrected chi connectivity index (χ1v) is 9.40. The zero-order valence-electron chi connectivity index (χ0n) is 15.2. The number of amides is 1. The monoisotopic (exact) mass is 365 g/mol. The lowest BCUT2D eigenvalue weighted by molar-refractivity contribution is -0.135. The van der Waals surface area contributed by atoms with Crippen LogP contribution in [0.4, 0.5) is 5.69 Å². The lowest BCUT2D eigenvalue weighted by Crippen LogP contribution is -2.61. The Bertz CT molecular complexity index is 1120. The molecule has 1 amide bonds. The van der Waals surface area contributed by atoms with E-state index in [-0.39, 0.29) is 11.9 Å². The van der Waals surface area contributed by atoms with Crippen LogP contribution in [0.1, 0.15) is 11.6 Å². The van der Waals surface area contributed by atoms with Gasteiger partial charge in [-0.25, -0.2) is 0 Å². The summed E-state index contributed by atoms with van der Waals surface area (Å²) in [6, 6.07) is 33.7. The molecule has 5 rings (SSSR count). The minimum absolute atomic E-state index is 0.0194. The van der Waals surface area contributed by atoms with Crippen LogP contribution >= 0.6 is 0 Å². The molecule has 0 bridgehead atoms. The van der Waals surface area contributed by atoms with Crippen molar-refractivity contribution < 1.29 is 9.53 Å². The van der Waals surface area contributed by atoms with E-state index in [1.807, 2.05) is 77.7 Å². The second-order valence-corrected chi connectivity index (χ2v) is 6.91. The number of hydrogen-bond acceptors (Lipinski definition) is 2. The Balaban J connectivity index is 1.58. The second kappa shape index (κ2) is 6.86. The van der Waals surface area contributed by atoms with Gasteiger partial charge in [0, 0.05) is 5.39 Å². The predicted molar refractivity (Wildman–Crippen MR) is 111 cm³/mol. The third-order valence-corrected chi connectivity index (χ3v) is 5.22. The first kappa shape index (κ1) is 16.6. The van der Waals surface area contributed by atoms with Crippen LogP contribution in [0, 0.1) is 0 Å². The molecule has 2 atom stereocenters. The fourth-order valence-corrected chi connectivity index (χ4v) is 3.88. The standard InChI is InChI=1S/C25H19NO2/c27-25-24(28-20-14-5-2-6-15-20)23(19-11-3-1-4-12-19)26(25)22-17-9-13-18-10-7-8-16-21(18)22/h1-17,23-24H/t23-,24+/m1/s1. The maximum Gasteiger partial charge on any atom is 0.271 e. The molecule has 1 saturated heterocycles. The molecule has 1 fully saturated rings. The van der Waals surface area contributed by atoms with Gasteiger partial charge in [-0.15, -0.1) is 0 Å². The topological polar surface area (TPSA) is 29.5 Å². The van der Waals surface area contributed by atoms with E-state index in [9.17, 15) is 4.79 Å². The van der Waals surface area contributed by atoms with Crippen molar-refractivity contribution in [3.8, 4) is 5.75 Å². The van der Waals surface area contributed by atoms with E-state index in [2.05, 4.69) is 30.3 Å². The van der Waals surface area contributed by atoms with E-state index in [1.54, 1.807) is 0 Å². The summed E-state index contributed by atoms with van der Waals surface area (Å²) in [5, 5.41) is 2.18. The number of nitrogens with zero attached hydrogens (tertiary/aromatic N) is 1. The largest absolute Gasteiger partial charge is 0.478 e. The summed E-state index contributed by atoms with van der Waals surface area (Å²) >= 11 is 0. The number of fused-ring (bicyclic) bond motifs is 1. The van der Waals surface area contributed by atoms with Gasteiger partial charge in [-0.2, -0.15) is 0 Å². The van der Waals surface area contributed by atoms with Crippen LogP contribution in [0.15, 0.2) is 103 Å². The van der Waals surface area contributed by atoms with Crippen molar-refractivity contribution >= 4 is 22.4 Å². The molecule has 3 heteroatoms. The van der Waals surface area contributed by atoms with Crippen molar-refractivity contribution in [2.45, 2.75) is 12.1 Å². The number of β-lactam (4-membered cyclic amide) rings is 1. The van der Waals surface area contributed by atoms with Crippen LogP contribution in [0.25, 0.3) is 10.8 Å². The highest BCUT2D eigenvalue weighted by atomic mass is 16.5. The van der Waals surface area contributed by atoms with Crippen molar-refractivity contribution in [2.75, 3.05) is 4.90 Å². The number of carbonyl (C=O) groups excluding carboxylic acids is 1. The van der Waals surface area contributed by atoms with Crippen molar-refractivity contribution in [3.63, 3.8) is 0 Å². The van der Waals surface area contributed by atoms with Crippen molar-refractivity contribution in [3.05, 3.63) is 109 Å². The molecule has 0 unspecified atom stereocenters. The molecular weight excluding hydrogens is 346 g/mol. The molecule has 136 valence electrons. The molecule has 3 nitrogen and oxygen atoms in total. The van der Waals surface area contributed by atoms with E-state index >= 15 is 0 Å². The maximum absolute atomic E-state index is 13.2. The minimum Gasteiger partial charge on any atom is -0.478 e. The fourth-order valence-electron chi connectivity index (χ4n) is 3.88. The van der Waals surface area contributed by atoms with Crippen LogP contribution in [-0.4, -0.2) is 12.0 Å². The van der Waals surface area contributed by atoms with Crippen LogP contribution in [-0.2, 0) is 4.79 Å². The van der Waals surface area contributed by atoms with E-state index in [0.29, 0.717) is 5.75 Å². The first-order chi connectivity index (χ1) is 13.8. The molecule has 0 radical (unpaired) electrons. The van der Waals surface area contributed by atoms with Gasteiger partial charge in [-0.3, -0.25) is 9.69 Å². The van der Waals surface area contributed by atoms with Gasteiger partial charge in [0.25, 0.3) is 5.91 Å². The molecule has 0 aromatic heterocycles. The zero-order valence-corrected chi connectivity index (χ0v) is 15.2. The fraction of sp³-hybridized carbons (Fsp3) is 0.0800. The average Bonchev–Trinajstić information content (AvgIpc) is 2.77. The Morgan fingerprint density at radius 3 is 2.11 bits per heavy atom. The van der Waals surface area contributed by atoms with E-state index in [4.69, 9.17) is 4.74 Å². The minimum atomic E-state index is -0.538. The average molecular weight is 365 g/mol. The normalized spacial score (nSPS) is 18.7. The van der Waals surface area contributed by atoms with Crippen molar-refractivity contribution in [1.82, 2.24) is 0 Å². The molecule has 0 aliphatic carbocycles. The zero-order chi connectivity index (χ0) is 18.9. The molecule has 1 heterocycles. The van der Waals surface area contributed by atoms with E-state index in [0.717, 1.165) is 22.0 Å². The lowest BCUT2D eigenvalue weighted by Gasteiger charge is -2.47. The summed E-state index contributed by atoms with van der Waals surface area (Å²) in [7, 11) is 0. The Labute approximate surface area is 163 Å². The maximum atomic E-state index is 13.2. The highest BCUT2D eigenvalue weighted by Crippen LogP contribution is 2.43. The van der Waals surface area contributed by atoms with Gasteiger partial charge < -0.3 is 4.74 Å². The molecule has 28 heavy (non-hydrogen) atoms. The summed E-state index contributed by atoms with van der Waals surface area (Å²) in [6.45, 7) is 0. The van der Waals surface area contributed by atoms with E-state index < -0.39 is 6.10 Å². The van der Waals surface area contributed by atoms with Gasteiger partial charge in [0.05, 0.1) is 5.69 Å². The van der Waals surface area contributed by atoms with Crippen molar-refractivity contribution in [1.29, 1.82) is 0 Å². The highest BCUT2D eigenvalue weighted by molar-refractivity contribution is 6.11. The van der Waals surface area contributed by atoms with Crippen LogP contribution in [0.2, 0.25) is 0 Å². The van der Waals surface area contributed by atoms with Crippen LogP contribution < -0.4 is 9.64 Å². The summed E-state index contributed by atoms with van der Waals surface area (Å²) < 4.78 is 6.10. The number of rotatable bonds is 4.